The van der Waals surface area contributed by atoms with Gasteiger partial charge in [-0.2, -0.15) is 0 Å². The van der Waals surface area contributed by atoms with Gasteiger partial charge in [0.05, 0.1) is 18.2 Å². The molecule has 7 nitrogen and oxygen atoms in total. The molecule has 2 N–H and O–H groups in total. The van der Waals surface area contributed by atoms with Gasteiger partial charge in [0, 0.05) is 11.3 Å². The van der Waals surface area contributed by atoms with Gasteiger partial charge in [0.2, 0.25) is 0 Å². The van der Waals surface area contributed by atoms with E-state index in [-0.39, 0.29) is 12.5 Å². The Hall–Kier alpha value is -3.04. The molecular weight excluding hydrogens is 386 g/mol. The second kappa shape index (κ2) is 8.56. The van der Waals surface area contributed by atoms with Crippen LogP contribution in [0.1, 0.15) is 20.0 Å². The molecule has 1 aromatic carbocycles. The second-order valence-electron chi connectivity index (χ2n) is 5.30. The molecule has 2 amide bonds. The summed E-state index contributed by atoms with van der Waals surface area (Å²) in [6.45, 7) is -0.224. The Labute approximate surface area is 163 Å². The zero-order valence-electron chi connectivity index (χ0n) is 14.2. The van der Waals surface area contributed by atoms with Crippen LogP contribution in [-0.4, -0.2) is 36.4 Å². The van der Waals surface area contributed by atoms with E-state index in [9.17, 15) is 14.4 Å². The van der Waals surface area contributed by atoms with E-state index < -0.39 is 11.9 Å². The molecule has 0 aliphatic rings. The topological polar surface area (TPSA) is 97.4 Å². The highest BCUT2D eigenvalue weighted by molar-refractivity contribution is 7.22. The first-order chi connectivity index (χ1) is 13.1. The molecular formula is C18H15N3O4S2. The van der Waals surface area contributed by atoms with Crippen molar-refractivity contribution < 1.29 is 19.1 Å². The lowest BCUT2D eigenvalue weighted by Gasteiger charge is -2.07. The van der Waals surface area contributed by atoms with Crippen LogP contribution >= 0.6 is 22.7 Å². The number of anilines is 1. The highest BCUT2D eigenvalue weighted by atomic mass is 32.1. The monoisotopic (exact) mass is 401 g/mol. The number of thiophene rings is 1. The number of carbonyl (C=O) groups is 3. The number of thiazole rings is 1. The number of carbonyl (C=O) groups excluding carboxylic acids is 3. The van der Waals surface area contributed by atoms with Crippen LogP contribution in [-0.2, 0) is 9.53 Å². The molecule has 0 saturated heterocycles. The number of hydrogen-bond acceptors (Lipinski definition) is 7. The third kappa shape index (κ3) is 4.78. The van der Waals surface area contributed by atoms with Gasteiger partial charge in [0.25, 0.3) is 11.8 Å². The molecule has 0 radical (unpaired) electrons. The van der Waals surface area contributed by atoms with E-state index >= 15 is 0 Å². The van der Waals surface area contributed by atoms with Gasteiger partial charge in [0.15, 0.2) is 0 Å². The Bertz CT molecular complexity index is 967. The van der Waals surface area contributed by atoms with Crippen LogP contribution in [0.3, 0.4) is 0 Å². The van der Waals surface area contributed by atoms with Gasteiger partial charge >= 0.3 is 5.97 Å². The van der Waals surface area contributed by atoms with Crippen molar-refractivity contribution in [2.24, 2.45) is 0 Å². The lowest BCUT2D eigenvalue weighted by atomic mass is 10.2. The van der Waals surface area contributed by atoms with Crippen molar-refractivity contribution in [1.29, 1.82) is 0 Å². The molecule has 0 atom stereocenters. The summed E-state index contributed by atoms with van der Waals surface area (Å²) in [6.07, 6.45) is 1.53. The number of aromatic nitrogens is 1. The number of nitrogens with one attached hydrogen (secondary N) is 2. The fourth-order valence-corrected chi connectivity index (χ4v) is 3.77. The zero-order valence-corrected chi connectivity index (χ0v) is 15.9. The highest BCUT2D eigenvalue weighted by Crippen LogP contribution is 2.29. The fourth-order valence-electron chi connectivity index (χ4n) is 2.15. The lowest BCUT2D eigenvalue weighted by molar-refractivity contribution is -0.139. The minimum Gasteiger partial charge on any atom is -0.468 e. The summed E-state index contributed by atoms with van der Waals surface area (Å²) in [7, 11) is 1.24. The molecule has 0 bridgehead atoms. The van der Waals surface area contributed by atoms with Crippen LogP contribution in [0.5, 0.6) is 0 Å². The summed E-state index contributed by atoms with van der Waals surface area (Å²) in [5, 5.41) is 7.93. The molecule has 3 aromatic rings. The van der Waals surface area contributed by atoms with Crippen molar-refractivity contribution in [1.82, 2.24) is 10.3 Å². The third-order valence-corrected chi connectivity index (χ3v) is 5.50. The van der Waals surface area contributed by atoms with Crippen LogP contribution < -0.4 is 10.6 Å². The molecule has 0 aliphatic carbocycles. The van der Waals surface area contributed by atoms with E-state index in [1.807, 2.05) is 17.5 Å². The van der Waals surface area contributed by atoms with E-state index in [1.165, 1.54) is 30.7 Å². The van der Waals surface area contributed by atoms with Gasteiger partial charge in [-0.05, 0) is 29.6 Å². The van der Waals surface area contributed by atoms with E-state index in [2.05, 4.69) is 20.4 Å². The lowest BCUT2D eigenvalue weighted by Crippen LogP contribution is -2.30. The summed E-state index contributed by atoms with van der Waals surface area (Å²) in [5.41, 5.74) is 0.789. The van der Waals surface area contributed by atoms with E-state index in [0.717, 1.165) is 9.88 Å². The summed E-state index contributed by atoms with van der Waals surface area (Å²) >= 11 is 2.86. The van der Waals surface area contributed by atoms with Gasteiger partial charge in [-0.1, -0.05) is 12.1 Å². The SMILES string of the molecule is COC(=O)CNC(=O)c1cccc(NC(=O)c2cnc(-c3cccs3)s2)c1. The summed E-state index contributed by atoms with van der Waals surface area (Å²) in [6, 6.07) is 10.3. The van der Waals surface area contributed by atoms with E-state index in [4.69, 9.17) is 0 Å². The van der Waals surface area contributed by atoms with Crippen molar-refractivity contribution >= 4 is 46.1 Å². The normalized spacial score (nSPS) is 10.3. The van der Waals surface area contributed by atoms with Gasteiger partial charge in [-0.3, -0.25) is 14.4 Å². The maximum Gasteiger partial charge on any atom is 0.325 e. The number of ether oxygens (including phenoxy) is 1. The Morgan fingerprint density at radius 2 is 2.00 bits per heavy atom. The van der Waals surface area contributed by atoms with Crippen LogP contribution in [0, 0.1) is 0 Å². The predicted octanol–water partition coefficient (Wildman–Crippen LogP) is 3.03. The highest BCUT2D eigenvalue weighted by Gasteiger charge is 2.14. The average Bonchev–Trinajstić information content (AvgIpc) is 3.37. The first kappa shape index (κ1) is 18.7. The quantitative estimate of drug-likeness (QED) is 0.619. The van der Waals surface area contributed by atoms with Gasteiger partial charge in [0.1, 0.15) is 16.4 Å². The molecule has 27 heavy (non-hydrogen) atoms. The number of hydrogen-bond donors (Lipinski definition) is 2. The van der Waals surface area contributed by atoms with Crippen LogP contribution in [0.4, 0.5) is 5.69 Å². The molecule has 2 heterocycles. The number of esters is 1. The molecule has 2 aromatic heterocycles. The maximum atomic E-state index is 12.4. The number of amides is 2. The van der Waals surface area contributed by atoms with Crippen LogP contribution in [0.25, 0.3) is 9.88 Å². The predicted molar refractivity (Wildman–Crippen MR) is 104 cm³/mol. The first-order valence-electron chi connectivity index (χ1n) is 7.83. The van der Waals surface area contributed by atoms with Crippen molar-refractivity contribution in [3.63, 3.8) is 0 Å². The third-order valence-electron chi connectivity index (χ3n) is 3.47. The first-order valence-corrected chi connectivity index (χ1v) is 9.52. The second-order valence-corrected chi connectivity index (χ2v) is 7.28. The van der Waals surface area contributed by atoms with Gasteiger partial charge in [-0.15, -0.1) is 22.7 Å². The number of methoxy groups -OCH3 is 1. The van der Waals surface area contributed by atoms with Crippen molar-refractivity contribution in [3.8, 4) is 9.88 Å². The maximum absolute atomic E-state index is 12.4. The molecule has 0 aliphatic heterocycles. The van der Waals surface area contributed by atoms with Crippen molar-refractivity contribution in [3.05, 3.63) is 58.4 Å². The van der Waals surface area contributed by atoms with E-state index in [0.29, 0.717) is 16.1 Å². The smallest absolute Gasteiger partial charge is 0.325 e. The molecule has 138 valence electrons. The number of rotatable bonds is 6. The van der Waals surface area contributed by atoms with Gasteiger partial charge in [-0.25, -0.2) is 4.98 Å². The molecule has 0 unspecified atom stereocenters. The summed E-state index contributed by atoms with van der Waals surface area (Å²) in [4.78, 5) is 41.4. The molecule has 0 spiro atoms. The zero-order chi connectivity index (χ0) is 19.2. The average molecular weight is 401 g/mol. The van der Waals surface area contributed by atoms with E-state index in [1.54, 1.807) is 29.5 Å². The molecule has 0 fully saturated rings. The Morgan fingerprint density at radius 3 is 2.74 bits per heavy atom. The standard InChI is InChI=1S/C18H15N3O4S2/c1-25-15(22)10-19-16(23)11-4-2-5-12(8-11)21-17(24)14-9-20-18(27-14)13-6-3-7-26-13/h2-9H,10H2,1H3,(H,19,23)(H,21,24). The molecule has 9 heteroatoms. The summed E-state index contributed by atoms with van der Waals surface area (Å²) < 4.78 is 4.48. The number of nitrogens with zero attached hydrogens (tertiary/aromatic N) is 1. The minimum atomic E-state index is -0.542. The Balaban J connectivity index is 1.66. The molecule has 0 saturated carbocycles. The fraction of sp³-hybridized carbons (Fsp3) is 0.111. The summed E-state index contributed by atoms with van der Waals surface area (Å²) in [5.74, 6) is -1.28. The minimum absolute atomic E-state index is 0.224. The Morgan fingerprint density at radius 1 is 1.15 bits per heavy atom. The Kier molecular flexibility index (Phi) is 5.94. The van der Waals surface area contributed by atoms with Crippen LogP contribution in [0.2, 0.25) is 0 Å². The van der Waals surface area contributed by atoms with Crippen LogP contribution in [0.15, 0.2) is 48.0 Å². The van der Waals surface area contributed by atoms with Crippen molar-refractivity contribution in [2.75, 3.05) is 19.0 Å². The largest absolute Gasteiger partial charge is 0.468 e. The van der Waals surface area contributed by atoms with Gasteiger partial charge < -0.3 is 15.4 Å². The van der Waals surface area contributed by atoms with Crippen molar-refractivity contribution in [2.45, 2.75) is 0 Å². The molecule has 3 rings (SSSR count). The number of benzene rings is 1.